The number of benzene rings is 1. The Hall–Kier alpha value is -2.71. The van der Waals surface area contributed by atoms with Crippen LogP contribution in [0.1, 0.15) is 46.4 Å². The molecule has 0 bridgehead atoms. The predicted octanol–water partition coefficient (Wildman–Crippen LogP) is 1.23. The Bertz CT molecular complexity index is 1030. The molecule has 0 atom stereocenters. The quantitative estimate of drug-likeness (QED) is 0.746. The zero-order valence-corrected chi connectivity index (χ0v) is 18.4. The summed E-state index contributed by atoms with van der Waals surface area (Å²) in [5.74, 6) is 0.736. The van der Waals surface area contributed by atoms with Crippen molar-refractivity contribution in [3.8, 4) is 0 Å². The van der Waals surface area contributed by atoms with Gasteiger partial charge in [0.05, 0.1) is 18.9 Å². The third kappa shape index (κ3) is 3.82. The molecule has 2 saturated heterocycles. The summed E-state index contributed by atoms with van der Waals surface area (Å²) in [7, 11) is 0. The minimum Gasteiger partial charge on any atom is -0.378 e. The average molecular weight is 438 g/mol. The van der Waals surface area contributed by atoms with Gasteiger partial charge < -0.3 is 20.3 Å². The van der Waals surface area contributed by atoms with Crippen molar-refractivity contribution in [2.75, 3.05) is 50.8 Å². The van der Waals surface area contributed by atoms with Crippen molar-refractivity contribution in [2.45, 2.75) is 37.5 Å². The van der Waals surface area contributed by atoms with Gasteiger partial charge in [0.25, 0.3) is 11.5 Å². The van der Waals surface area contributed by atoms with Gasteiger partial charge in [0.1, 0.15) is 0 Å². The minimum atomic E-state index is -0.105. The normalized spacial score (nSPS) is 19.9. The minimum absolute atomic E-state index is 0.00978. The first-order valence-electron chi connectivity index (χ1n) is 11.6. The maximum absolute atomic E-state index is 13.0. The molecule has 0 radical (unpaired) electrons. The number of fused-ring (bicyclic) bond motifs is 2. The van der Waals surface area contributed by atoms with Gasteiger partial charge in [-0.2, -0.15) is 0 Å². The predicted molar refractivity (Wildman–Crippen MR) is 122 cm³/mol. The average Bonchev–Trinajstić information content (AvgIpc) is 3.19. The van der Waals surface area contributed by atoms with E-state index in [2.05, 4.69) is 9.88 Å². The molecule has 1 aromatic heterocycles. The van der Waals surface area contributed by atoms with Crippen LogP contribution in [0, 0.1) is 0 Å². The summed E-state index contributed by atoms with van der Waals surface area (Å²) in [5, 5.41) is 0. The molecule has 3 heterocycles. The van der Waals surface area contributed by atoms with Gasteiger partial charge in [-0.15, -0.1) is 0 Å². The van der Waals surface area contributed by atoms with E-state index in [0.717, 1.165) is 67.6 Å². The van der Waals surface area contributed by atoms with Gasteiger partial charge in [-0.05, 0) is 56.3 Å². The van der Waals surface area contributed by atoms with Crippen LogP contribution in [0.4, 0.5) is 5.95 Å². The number of H-pyrrole nitrogens is 1. The van der Waals surface area contributed by atoms with E-state index in [-0.39, 0.29) is 16.9 Å². The van der Waals surface area contributed by atoms with Gasteiger partial charge in [-0.25, -0.2) is 4.98 Å². The molecule has 8 nitrogen and oxygen atoms in total. The highest BCUT2D eigenvalue weighted by atomic mass is 16.5. The van der Waals surface area contributed by atoms with E-state index in [1.54, 1.807) is 0 Å². The van der Waals surface area contributed by atoms with E-state index >= 15 is 0 Å². The van der Waals surface area contributed by atoms with E-state index in [4.69, 9.17) is 15.5 Å². The Balaban J connectivity index is 1.32. The largest absolute Gasteiger partial charge is 0.378 e. The fourth-order valence-corrected chi connectivity index (χ4v) is 5.35. The molecule has 1 amide bonds. The lowest BCUT2D eigenvalue weighted by Gasteiger charge is -2.39. The van der Waals surface area contributed by atoms with Gasteiger partial charge in [0, 0.05) is 42.7 Å². The van der Waals surface area contributed by atoms with Crippen LogP contribution < -0.4 is 16.2 Å². The van der Waals surface area contributed by atoms with Crippen LogP contribution in [0.5, 0.6) is 0 Å². The molecular weight excluding hydrogens is 406 g/mol. The SMILES string of the molecule is NCCc1ccc(C(=O)N2CCC3(CCc4c3nc(N3CCOCC3)[nH]c4=O)CC2)cc1. The van der Waals surface area contributed by atoms with Crippen LogP contribution in [-0.4, -0.2) is 66.7 Å². The highest BCUT2D eigenvalue weighted by molar-refractivity contribution is 5.94. The highest BCUT2D eigenvalue weighted by Gasteiger charge is 2.45. The number of ether oxygens (including phenoxy) is 1. The number of aromatic nitrogens is 2. The number of piperidine rings is 1. The Labute approximate surface area is 187 Å². The third-order valence-electron chi connectivity index (χ3n) is 7.31. The molecule has 2 aliphatic heterocycles. The number of nitrogens with two attached hydrogens (primary N) is 1. The van der Waals surface area contributed by atoms with Crippen molar-refractivity contribution in [1.29, 1.82) is 0 Å². The smallest absolute Gasteiger partial charge is 0.255 e. The molecule has 32 heavy (non-hydrogen) atoms. The number of anilines is 1. The second-order valence-electron chi connectivity index (χ2n) is 9.12. The number of hydrogen-bond acceptors (Lipinski definition) is 6. The van der Waals surface area contributed by atoms with Gasteiger partial charge in [-0.1, -0.05) is 12.1 Å². The first-order valence-corrected chi connectivity index (χ1v) is 11.6. The van der Waals surface area contributed by atoms with Crippen LogP contribution in [0.3, 0.4) is 0 Å². The highest BCUT2D eigenvalue weighted by Crippen LogP contribution is 2.44. The number of morpholine rings is 1. The van der Waals surface area contributed by atoms with Crippen molar-refractivity contribution in [1.82, 2.24) is 14.9 Å². The summed E-state index contributed by atoms with van der Waals surface area (Å²) < 4.78 is 5.44. The van der Waals surface area contributed by atoms with Crippen LogP contribution in [0.2, 0.25) is 0 Å². The summed E-state index contributed by atoms with van der Waals surface area (Å²) in [6, 6.07) is 7.78. The van der Waals surface area contributed by atoms with Crippen molar-refractivity contribution in [3.05, 3.63) is 57.0 Å². The lowest BCUT2D eigenvalue weighted by atomic mass is 9.76. The first kappa shape index (κ1) is 21.2. The Morgan fingerprint density at radius 3 is 2.50 bits per heavy atom. The van der Waals surface area contributed by atoms with Crippen LogP contribution in [0.25, 0.3) is 0 Å². The fraction of sp³-hybridized carbons (Fsp3) is 0.542. The van der Waals surface area contributed by atoms with Crippen LogP contribution in [0.15, 0.2) is 29.1 Å². The van der Waals surface area contributed by atoms with Crippen molar-refractivity contribution < 1.29 is 9.53 Å². The topological polar surface area (TPSA) is 105 Å². The first-order chi connectivity index (χ1) is 15.6. The molecule has 0 saturated carbocycles. The number of nitrogens with zero attached hydrogens (tertiary/aromatic N) is 3. The number of carbonyl (C=O) groups is 1. The Morgan fingerprint density at radius 2 is 1.81 bits per heavy atom. The molecule has 0 unspecified atom stereocenters. The third-order valence-corrected chi connectivity index (χ3v) is 7.31. The summed E-state index contributed by atoms with van der Waals surface area (Å²) >= 11 is 0. The fourth-order valence-electron chi connectivity index (χ4n) is 5.35. The van der Waals surface area contributed by atoms with Gasteiger partial charge >= 0.3 is 0 Å². The molecule has 2 aromatic rings. The lowest BCUT2D eigenvalue weighted by Crippen LogP contribution is -2.45. The standard InChI is InChI=1S/C24H31N5O3/c25-10-6-17-1-3-18(4-2-17)22(31)28-11-8-24(9-12-28)7-5-19-20(24)26-23(27-21(19)30)29-13-15-32-16-14-29/h1-4H,5-16,25H2,(H,26,27,30). The van der Waals surface area contributed by atoms with Gasteiger partial charge in [-0.3, -0.25) is 14.6 Å². The molecule has 3 N–H and O–H groups in total. The van der Waals surface area contributed by atoms with Gasteiger partial charge in [0.2, 0.25) is 5.95 Å². The second kappa shape index (κ2) is 8.67. The van der Waals surface area contributed by atoms with Crippen LogP contribution >= 0.6 is 0 Å². The number of hydrogen-bond donors (Lipinski definition) is 2. The van der Waals surface area contributed by atoms with Gasteiger partial charge in [0.15, 0.2) is 0 Å². The number of carbonyl (C=O) groups excluding carboxylic acids is 1. The number of nitrogens with one attached hydrogen (secondary N) is 1. The molecule has 170 valence electrons. The summed E-state index contributed by atoms with van der Waals surface area (Å²) in [6.07, 6.45) is 4.20. The van der Waals surface area contributed by atoms with E-state index in [1.165, 1.54) is 0 Å². The number of likely N-dealkylation sites (tertiary alicyclic amines) is 1. The van der Waals surface area contributed by atoms with Crippen molar-refractivity contribution in [3.63, 3.8) is 0 Å². The molecule has 8 heteroatoms. The molecule has 1 aliphatic carbocycles. The molecule has 3 aliphatic rings. The second-order valence-corrected chi connectivity index (χ2v) is 9.12. The zero-order valence-electron chi connectivity index (χ0n) is 18.4. The monoisotopic (exact) mass is 437 g/mol. The number of rotatable bonds is 4. The zero-order chi connectivity index (χ0) is 22.1. The Kier molecular flexibility index (Phi) is 5.73. The van der Waals surface area contributed by atoms with E-state index in [9.17, 15) is 9.59 Å². The summed E-state index contributed by atoms with van der Waals surface area (Å²) in [6.45, 7) is 4.75. The summed E-state index contributed by atoms with van der Waals surface area (Å²) in [4.78, 5) is 37.9. The summed E-state index contributed by atoms with van der Waals surface area (Å²) in [5.41, 5.74) is 9.16. The molecule has 1 aromatic carbocycles. The van der Waals surface area contributed by atoms with Crippen molar-refractivity contribution in [2.24, 2.45) is 5.73 Å². The maximum Gasteiger partial charge on any atom is 0.255 e. The molecule has 2 fully saturated rings. The Morgan fingerprint density at radius 1 is 1.09 bits per heavy atom. The van der Waals surface area contributed by atoms with E-state index < -0.39 is 0 Å². The molecule has 5 rings (SSSR count). The van der Waals surface area contributed by atoms with Crippen molar-refractivity contribution >= 4 is 11.9 Å². The molecular formula is C24H31N5O3. The van der Waals surface area contributed by atoms with Crippen LogP contribution in [-0.2, 0) is 23.0 Å². The lowest BCUT2D eigenvalue weighted by molar-refractivity contribution is 0.0663. The van der Waals surface area contributed by atoms with E-state index in [0.29, 0.717) is 38.8 Å². The number of amides is 1. The van der Waals surface area contributed by atoms with E-state index in [1.807, 2.05) is 29.2 Å². The molecule has 1 spiro atoms. The maximum atomic E-state index is 13.0. The number of aromatic amines is 1.